The Morgan fingerprint density at radius 2 is 2.07 bits per heavy atom. The van der Waals surface area contributed by atoms with Crippen molar-refractivity contribution < 1.29 is 29.3 Å². The molecule has 0 aliphatic heterocycles. The summed E-state index contributed by atoms with van der Waals surface area (Å²) in [7, 11) is 0. The summed E-state index contributed by atoms with van der Waals surface area (Å²) in [6.45, 7) is 4.12. The van der Waals surface area contributed by atoms with Crippen LogP contribution < -0.4 is 0 Å². The van der Waals surface area contributed by atoms with Gasteiger partial charge < -0.3 is 19.7 Å². The smallest absolute Gasteiger partial charge is 0.330 e. The fourth-order valence-corrected chi connectivity index (χ4v) is 0.854. The molecule has 0 spiro atoms. The van der Waals surface area contributed by atoms with Crippen molar-refractivity contribution in [2.45, 2.75) is 25.7 Å². The van der Waals surface area contributed by atoms with Crippen LogP contribution in [-0.2, 0) is 19.1 Å². The Balaban J connectivity index is 4.05. The summed E-state index contributed by atoms with van der Waals surface area (Å²) < 4.78 is 9.28. The molecule has 15 heavy (non-hydrogen) atoms. The Labute approximate surface area is 87.1 Å². The third-order valence-corrected chi connectivity index (χ3v) is 1.38. The number of carbonyl (C=O) groups is 2. The van der Waals surface area contributed by atoms with Gasteiger partial charge in [-0.3, -0.25) is 4.79 Å². The van der Waals surface area contributed by atoms with Crippen molar-refractivity contribution in [2.75, 3.05) is 6.61 Å². The second kappa shape index (κ2) is 6.97. The Morgan fingerprint density at radius 3 is 2.47 bits per heavy atom. The van der Waals surface area contributed by atoms with Gasteiger partial charge in [-0.05, 0) is 0 Å². The van der Waals surface area contributed by atoms with Crippen molar-refractivity contribution in [2.24, 2.45) is 0 Å². The molecule has 0 rings (SSSR count). The van der Waals surface area contributed by atoms with Crippen LogP contribution in [0.25, 0.3) is 0 Å². The first-order valence-electron chi connectivity index (χ1n) is 4.28. The number of aliphatic hydroxyl groups excluding tert-OH is 1. The number of rotatable bonds is 6. The number of aliphatic hydroxyl groups is 2. The molecule has 0 radical (unpaired) electrons. The second-order valence-electron chi connectivity index (χ2n) is 2.78. The zero-order chi connectivity index (χ0) is 11.8. The molecule has 0 heterocycles. The second-order valence-corrected chi connectivity index (χ2v) is 2.78. The van der Waals surface area contributed by atoms with E-state index in [0.29, 0.717) is 0 Å². The molecule has 0 aromatic rings. The number of esters is 2. The average molecular weight is 218 g/mol. The summed E-state index contributed by atoms with van der Waals surface area (Å²) in [6, 6.07) is 0. The summed E-state index contributed by atoms with van der Waals surface area (Å²) in [5.74, 6) is -1.25. The first kappa shape index (κ1) is 13.6. The monoisotopic (exact) mass is 218 g/mol. The van der Waals surface area contributed by atoms with E-state index in [1.165, 1.54) is 6.92 Å². The van der Waals surface area contributed by atoms with Crippen LogP contribution in [0.2, 0.25) is 0 Å². The van der Waals surface area contributed by atoms with Gasteiger partial charge >= 0.3 is 11.9 Å². The van der Waals surface area contributed by atoms with Gasteiger partial charge in [0, 0.05) is 19.4 Å². The molecule has 6 heteroatoms. The number of ether oxygens (including phenoxy) is 2. The van der Waals surface area contributed by atoms with Gasteiger partial charge in [0.1, 0.15) is 12.7 Å². The molecule has 1 unspecified atom stereocenters. The lowest BCUT2D eigenvalue weighted by Crippen LogP contribution is -2.28. The van der Waals surface area contributed by atoms with Gasteiger partial charge in [0.2, 0.25) is 0 Å². The molecular formula is C9H14O6. The molecule has 0 aromatic heterocycles. The van der Waals surface area contributed by atoms with E-state index in [0.717, 1.165) is 6.08 Å². The zero-order valence-electron chi connectivity index (χ0n) is 8.38. The molecule has 86 valence electrons. The molecule has 0 fully saturated rings. The predicted octanol–water partition coefficient (Wildman–Crippen LogP) is -0.652. The molecule has 0 aliphatic carbocycles. The van der Waals surface area contributed by atoms with Crippen LogP contribution in [0.15, 0.2) is 12.7 Å². The lowest BCUT2D eigenvalue weighted by molar-refractivity contribution is -0.161. The van der Waals surface area contributed by atoms with Crippen LogP contribution in [0.1, 0.15) is 13.3 Å². The van der Waals surface area contributed by atoms with Gasteiger partial charge in [0.05, 0.1) is 0 Å². The topological polar surface area (TPSA) is 93.1 Å². The molecule has 0 saturated carbocycles. The van der Waals surface area contributed by atoms with E-state index in [-0.39, 0.29) is 13.0 Å². The highest BCUT2D eigenvalue weighted by Gasteiger charge is 2.17. The van der Waals surface area contributed by atoms with Crippen LogP contribution in [0.4, 0.5) is 0 Å². The fourth-order valence-electron chi connectivity index (χ4n) is 0.854. The van der Waals surface area contributed by atoms with Crippen LogP contribution in [0, 0.1) is 0 Å². The van der Waals surface area contributed by atoms with Gasteiger partial charge in [-0.15, -0.1) is 0 Å². The van der Waals surface area contributed by atoms with Gasteiger partial charge in [-0.1, -0.05) is 6.58 Å². The van der Waals surface area contributed by atoms with E-state index < -0.39 is 24.3 Å². The molecule has 0 saturated heterocycles. The minimum absolute atomic E-state index is 0.218. The fraction of sp³-hybridized carbons (Fsp3) is 0.556. The zero-order valence-corrected chi connectivity index (χ0v) is 8.38. The lowest BCUT2D eigenvalue weighted by Gasteiger charge is -2.17. The Bertz CT molecular complexity index is 235. The maximum Gasteiger partial charge on any atom is 0.330 e. The number of hydrogen-bond donors (Lipinski definition) is 2. The van der Waals surface area contributed by atoms with E-state index in [1.54, 1.807) is 0 Å². The van der Waals surface area contributed by atoms with E-state index in [9.17, 15) is 9.59 Å². The summed E-state index contributed by atoms with van der Waals surface area (Å²) in [5, 5.41) is 17.3. The first-order chi connectivity index (χ1) is 6.95. The van der Waals surface area contributed by atoms with Crippen LogP contribution >= 0.6 is 0 Å². The minimum atomic E-state index is -1.63. The summed E-state index contributed by atoms with van der Waals surface area (Å²) in [5.41, 5.74) is 0. The van der Waals surface area contributed by atoms with E-state index >= 15 is 0 Å². The highest BCUT2D eigenvalue weighted by Crippen LogP contribution is 2.03. The third kappa shape index (κ3) is 7.65. The molecule has 0 aromatic carbocycles. The van der Waals surface area contributed by atoms with Gasteiger partial charge in [0.15, 0.2) is 6.29 Å². The maximum absolute atomic E-state index is 10.7. The van der Waals surface area contributed by atoms with E-state index in [1.807, 2.05) is 0 Å². The Hall–Kier alpha value is -1.40. The highest BCUT2D eigenvalue weighted by molar-refractivity contribution is 5.81. The van der Waals surface area contributed by atoms with E-state index in [4.69, 9.17) is 10.2 Å². The summed E-state index contributed by atoms with van der Waals surface area (Å²) in [4.78, 5) is 21.3. The predicted molar refractivity (Wildman–Crippen MR) is 49.6 cm³/mol. The average Bonchev–Trinajstić information content (AvgIpc) is 2.11. The molecule has 1 atom stereocenters. The standard InChI is InChI=1S/C9H14O6/c1-3-9(13)14-5-7(4-8(11)12)15-6(2)10/h3,7-8,11-12H,1,4-5H2,2H3. The molecule has 6 nitrogen and oxygen atoms in total. The third-order valence-electron chi connectivity index (χ3n) is 1.38. The van der Waals surface area contributed by atoms with E-state index in [2.05, 4.69) is 16.1 Å². The van der Waals surface area contributed by atoms with Gasteiger partial charge in [-0.25, -0.2) is 4.79 Å². The van der Waals surface area contributed by atoms with Gasteiger partial charge in [0.25, 0.3) is 0 Å². The van der Waals surface area contributed by atoms with Crippen LogP contribution in [0.5, 0.6) is 0 Å². The highest BCUT2D eigenvalue weighted by atomic mass is 16.6. The van der Waals surface area contributed by atoms with Crippen molar-refractivity contribution in [1.82, 2.24) is 0 Å². The normalized spacial score (nSPS) is 12.0. The van der Waals surface area contributed by atoms with Crippen molar-refractivity contribution in [1.29, 1.82) is 0 Å². The maximum atomic E-state index is 10.7. The summed E-state index contributed by atoms with van der Waals surface area (Å²) in [6.07, 6.45) is -1.76. The van der Waals surface area contributed by atoms with Crippen molar-refractivity contribution >= 4 is 11.9 Å². The van der Waals surface area contributed by atoms with Crippen molar-refractivity contribution in [3.63, 3.8) is 0 Å². The minimum Gasteiger partial charge on any atom is -0.459 e. The SMILES string of the molecule is C=CC(=O)OCC(CC(O)O)OC(C)=O. The molecule has 2 N–H and O–H groups in total. The van der Waals surface area contributed by atoms with Gasteiger partial charge in [-0.2, -0.15) is 0 Å². The summed E-state index contributed by atoms with van der Waals surface area (Å²) >= 11 is 0. The Morgan fingerprint density at radius 1 is 1.47 bits per heavy atom. The molecule has 0 bridgehead atoms. The van der Waals surface area contributed by atoms with Crippen molar-refractivity contribution in [3.05, 3.63) is 12.7 Å². The largest absolute Gasteiger partial charge is 0.459 e. The first-order valence-corrected chi connectivity index (χ1v) is 4.28. The number of carbonyl (C=O) groups excluding carboxylic acids is 2. The quantitative estimate of drug-likeness (QED) is 0.349. The Kier molecular flexibility index (Phi) is 6.32. The number of hydrogen-bond acceptors (Lipinski definition) is 6. The van der Waals surface area contributed by atoms with Crippen molar-refractivity contribution in [3.8, 4) is 0 Å². The lowest BCUT2D eigenvalue weighted by atomic mass is 10.2. The molecule has 0 amide bonds. The molecule has 0 aliphatic rings. The molecular weight excluding hydrogens is 204 g/mol. The van der Waals surface area contributed by atoms with Crippen LogP contribution in [0.3, 0.4) is 0 Å². The van der Waals surface area contributed by atoms with Crippen LogP contribution in [-0.4, -0.2) is 41.2 Å².